The predicted molar refractivity (Wildman–Crippen MR) is 81.5 cm³/mol. The van der Waals surface area contributed by atoms with Gasteiger partial charge in [0.15, 0.2) is 0 Å². The molecule has 1 fully saturated rings. The molecule has 1 heterocycles. The first-order valence-electron chi connectivity index (χ1n) is 6.52. The normalized spacial score (nSPS) is 23.5. The van der Waals surface area contributed by atoms with Crippen molar-refractivity contribution >= 4 is 33.4 Å². The lowest BCUT2D eigenvalue weighted by Crippen LogP contribution is -2.51. The first-order chi connectivity index (χ1) is 9.04. The van der Waals surface area contributed by atoms with Crippen molar-refractivity contribution in [3.8, 4) is 0 Å². The van der Waals surface area contributed by atoms with Crippen molar-refractivity contribution in [3.05, 3.63) is 33.3 Å². The van der Waals surface area contributed by atoms with Crippen molar-refractivity contribution in [2.75, 3.05) is 6.54 Å². The Balaban J connectivity index is 2.30. The van der Waals surface area contributed by atoms with E-state index in [-0.39, 0.29) is 18.0 Å². The average Bonchev–Trinajstić information content (AvgIpc) is 2.37. The summed E-state index contributed by atoms with van der Waals surface area (Å²) in [6.07, 6.45) is 3.15. The summed E-state index contributed by atoms with van der Waals surface area (Å²) in [6.45, 7) is 2.60. The zero-order chi connectivity index (χ0) is 14.0. The van der Waals surface area contributed by atoms with Crippen molar-refractivity contribution in [1.82, 2.24) is 4.90 Å². The maximum Gasteiger partial charge on any atom is 0.255 e. The van der Waals surface area contributed by atoms with E-state index in [1.54, 1.807) is 18.2 Å². The third-order valence-corrected chi connectivity index (χ3v) is 4.59. The second-order valence-corrected chi connectivity index (χ2v) is 6.30. The van der Waals surface area contributed by atoms with Crippen LogP contribution in [0.25, 0.3) is 0 Å². The molecule has 19 heavy (non-hydrogen) atoms. The Morgan fingerprint density at radius 2 is 2.26 bits per heavy atom. The molecule has 1 saturated heterocycles. The van der Waals surface area contributed by atoms with E-state index < -0.39 is 0 Å². The van der Waals surface area contributed by atoms with E-state index in [2.05, 4.69) is 22.9 Å². The van der Waals surface area contributed by atoms with Crippen molar-refractivity contribution in [1.29, 1.82) is 0 Å². The molecular weight excluding hydrogens is 328 g/mol. The molecule has 1 amide bonds. The van der Waals surface area contributed by atoms with E-state index in [1.807, 2.05) is 4.90 Å². The molecule has 1 aliphatic rings. The monoisotopic (exact) mass is 344 g/mol. The summed E-state index contributed by atoms with van der Waals surface area (Å²) in [5, 5.41) is 0.616. The molecule has 2 N–H and O–H groups in total. The number of rotatable bonds is 2. The lowest BCUT2D eigenvalue weighted by molar-refractivity contribution is 0.0493. The third-order valence-electron chi connectivity index (χ3n) is 3.70. The van der Waals surface area contributed by atoms with E-state index in [0.717, 1.165) is 23.7 Å². The Morgan fingerprint density at radius 1 is 1.53 bits per heavy atom. The Kier molecular flexibility index (Phi) is 4.87. The number of nitrogens with zero attached hydrogens (tertiary/aromatic N) is 1. The number of amides is 1. The van der Waals surface area contributed by atoms with E-state index in [9.17, 15) is 4.79 Å². The fraction of sp³-hybridized carbons (Fsp3) is 0.500. The number of nitrogens with two attached hydrogens (primary N) is 1. The van der Waals surface area contributed by atoms with Crippen molar-refractivity contribution in [3.63, 3.8) is 0 Å². The second kappa shape index (κ2) is 6.25. The fourth-order valence-corrected chi connectivity index (χ4v) is 3.54. The molecule has 2 rings (SSSR count). The van der Waals surface area contributed by atoms with Crippen molar-refractivity contribution in [2.45, 2.75) is 38.3 Å². The molecule has 0 spiro atoms. The van der Waals surface area contributed by atoms with E-state index >= 15 is 0 Å². The molecule has 0 aliphatic carbocycles. The Labute approximate surface area is 127 Å². The van der Waals surface area contributed by atoms with E-state index in [0.29, 0.717) is 17.1 Å². The maximum absolute atomic E-state index is 12.7. The number of hydrogen-bond acceptors (Lipinski definition) is 2. The van der Waals surface area contributed by atoms with Crippen LogP contribution in [0.5, 0.6) is 0 Å². The van der Waals surface area contributed by atoms with Crippen LogP contribution in [0.4, 0.5) is 0 Å². The molecule has 0 radical (unpaired) electrons. The summed E-state index contributed by atoms with van der Waals surface area (Å²) < 4.78 is 0.735. The van der Waals surface area contributed by atoms with Crippen LogP contribution in [0.1, 0.15) is 36.5 Å². The topological polar surface area (TPSA) is 46.3 Å². The number of carbonyl (C=O) groups is 1. The molecule has 2 atom stereocenters. The zero-order valence-corrected chi connectivity index (χ0v) is 13.2. The molecule has 1 aliphatic heterocycles. The van der Waals surface area contributed by atoms with Gasteiger partial charge in [0, 0.05) is 28.1 Å². The highest BCUT2D eigenvalue weighted by Crippen LogP contribution is 2.28. The number of halogens is 2. The minimum absolute atomic E-state index is 0.0335. The third kappa shape index (κ3) is 3.12. The van der Waals surface area contributed by atoms with Crippen LogP contribution < -0.4 is 5.73 Å². The standard InChI is InChI=1S/C14H18BrClN2O/c1-9-3-2-4-11(8-17)18(9)14(19)12-6-5-10(16)7-13(12)15/h5-7,9,11H,2-4,8,17H2,1H3. The average molecular weight is 346 g/mol. The molecule has 2 unspecified atom stereocenters. The van der Waals surface area contributed by atoms with Gasteiger partial charge in [0.1, 0.15) is 0 Å². The summed E-state index contributed by atoms with van der Waals surface area (Å²) in [5.74, 6) is 0.0335. The highest BCUT2D eigenvalue weighted by atomic mass is 79.9. The number of carbonyl (C=O) groups excluding carboxylic acids is 1. The number of piperidine rings is 1. The number of benzene rings is 1. The summed E-state index contributed by atoms with van der Waals surface area (Å²) >= 11 is 9.33. The van der Waals surface area contributed by atoms with Crippen LogP contribution in [0.2, 0.25) is 5.02 Å². The maximum atomic E-state index is 12.7. The molecule has 0 bridgehead atoms. The van der Waals surface area contributed by atoms with Gasteiger partial charge in [0.2, 0.25) is 0 Å². The van der Waals surface area contributed by atoms with Gasteiger partial charge >= 0.3 is 0 Å². The van der Waals surface area contributed by atoms with Crippen LogP contribution in [-0.4, -0.2) is 29.4 Å². The summed E-state index contributed by atoms with van der Waals surface area (Å²) in [6, 6.07) is 5.63. The first kappa shape index (κ1) is 14.8. The second-order valence-electron chi connectivity index (χ2n) is 5.01. The van der Waals surface area contributed by atoms with Crippen molar-refractivity contribution < 1.29 is 4.79 Å². The summed E-state index contributed by atoms with van der Waals surface area (Å²) in [4.78, 5) is 14.6. The highest BCUT2D eigenvalue weighted by molar-refractivity contribution is 9.10. The van der Waals surface area contributed by atoms with Crippen LogP contribution in [0.3, 0.4) is 0 Å². The van der Waals surface area contributed by atoms with Crippen LogP contribution >= 0.6 is 27.5 Å². The van der Waals surface area contributed by atoms with Gasteiger partial charge in [0.25, 0.3) is 5.91 Å². The Hall–Kier alpha value is -0.580. The van der Waals surface area contributed by atoms with Gasteiger partial charge in [-0.15, -0.1) is 0 Å². The summed E-state index contributed by atoms with van der Waals surface area (Å²) in [7, 11) is 0. The Morgan fingerprint density at radius 3 is 2.89 bits per heavy atom. The van der Waals surface area contributed by atoms with Crippen LogP contribution in [0, 0.1) is 0 Å². The molecule has 104 valence electrons. The van der Waals surface area contributed by atoms with Gasteiger partial charge in [-0.1, -0.05) is 11.6 Å². The van der Waals surface area contributed by atoms with Crippen molar-refractivity contribution in [2.24, 2.45) is 5.73 Å². The quantitative estimate of drug-likeness (QED) is 0.892. The van der Waals surface area contributed by atoms with Gasteiger partial charge in [-0.05, 0) is 60.3 Å². The number of hydrogen-bond donors (Lipinski definition) is 1. The SMILES string of the molecule is CC1CCCC(CN)N1C(=O)c1ccc(Cl)cc1Br. The molecule has 0 aromatic heterocycles. The van der Waals surface area contributed by atoms with Gasteiger partial charge in [-0.3, -0.25) is 4.79 Å². The van der Waals surface area contributed by atoms with E-state index in [1.165, 1.54) is 0 Å². The predicted octanol–water partition coefficient (Wildman–Crippen LogP) is 3.44. The molecule has 0 saturated carbocycles. The van der Waals surface area contributed by atoms with E-state index in [4.69, 9.17) is 17.3 Å². The smallest absolute Gasteiger partial charge is 0.255 e. The first-order valence-corrected chi connectivity index (χ1v) is 7.69. The molecule has 3 nitrogen and oxygen atoms in total. The Bertz CT molecular complexity index is 481. The largest absolute Gasteiger partial charge is 0.332 e. The van der Waals surface area contributed by atoms with Gasteiger partial charge < -0.3 is 10.6 Å². The minimum atomic E-state index is 0.0335. The van der Waals surface area contributed by atoms with Gasteiger partial charge in [-0.25, -0.2) is 0 Å². The van der Waals surface area contributed by atoms with Crippen LogP contribution in [-0.2, 0) is 0 Å². The fourth-order valence-electron chi connectivity index (χ4n) is 2.69. The van der Waals surface area contributed by atoms with Crippen LogP contribution in [0.15, 0.2) is 22.7 Å². The lowest BCUT2D eigenvalue weighted by atomic mass is 9.95. The highest BCUT2D eigenvalue weighted by Gasteiger charge is 2.32. The summed E-state index contributed by atoms with van der Waals surface area (Å²) in [5.41, 5.74) is 6.46. The lowest BCUT2D eigenvalue weighted by Gasteiger charge is -2.40. The molecular formula is C14H18BrClN2O. The number of likely N-dealkylation sites (tertiary alicyclic amines) is 1. The zero-order valence-electron chi connectivity index (χ0n) is 10.9. The van der Waals surface area contributed by atoms with Gasteiger partial charge in [-0.2, -0.15) is 0 Å². The molecule has 1 aromatic rings. The van der Waals surface area contributed by atoms with Gasteiger partial charge in [0.05, 0.1) is 5.56 Å². The molecule has 5 heteroatoms. The minimum Gasteiger partial charge on any atom is -0.332 e. The molecule has 1 aromatic carbocycles.